The molecule has 0 aliphatic carbocycles. The minimum atomic E-state index is 0.330. The average molecular weight is 1120 g/mol. The second kappa shape index (κ2) is 31.5. The van der Waals surface area contributed by atoms with Gasteiger partial charge in [0.1, 0.15) is 0 Å². The van der Waals surface area contributed by atoms with Crippen LogP contribution in [0.5, 0.6) is 0 Å². The van der Waals surface area contributed by atoms with Crippen LogP contribution in [0.2, 0.25) is 0 Å². The summed E-state index contributed by atoms with van der Waals surface area (Å²) in [6.07, 6.45) is 11.6. The number of hydrogen-bond donors (Lipinski definition) is 0. The number of likely N-dealkylation sites (tertiary alicyclic amines) is 3. The SMILES string of the molecule is CC(C)C1CC2CCC(C1)N2C(C)C.CC(C)N1CC2CC(C1)N2C(C)C.CC(C)N1CC2CC1CN2C(C)C.CC(C)N1CC2CCC(C1)N2C(C)C.CC(C)N1CCN(C(C)C)C(C)(C)C1.CC(C)N1CCN(C(C)C)CC1. The molecule has 80 heavy (non-hydrogen) atoms. The molecule has 0 aromatic carbocycles. The Labute approximate surface area is 500 Å². The number of piperidine rings is 2. The minimum absolute atomic E-state index is 0.330. The van der Waals surface area contributed by atoms with Crippen LogP contribution < -0.4 is 0 Å². The van der Waals surface area contributed by atoms with Gasteiger partial charge in [-0.15, -0.1) is 0 Å². The van der Waals surface area contributed by atoms with Crippen LogP contribution in [-0.2, 0) is 0 Å². The highest BCUT2D eigenvalue weighted by molar-refractivity contribution is 5.04. The standard InChI is InChI=1S/C13H25N.C12H24N2.C12H26N2.2C11H22N2.C10H22N2/c1-9(2)11-7-12-5-6-13(8-11)14(12)10(3)4;1-9(2)13-7-11-5-6-12(8-13)14(11)10(3)4;1-10(2)13-7-8-14(11(3)4)12(5,6)9-13;1-8(2)12-6-11-5-10(12)7-13(11)9(3)4;1-8(2)12-6-10-5-11(7-12)13(10)9(3)4;1-9(2)11-5-7-12(8-6-11)10(3)4/h9-13H,5-8H2,1-4H3;9-12H,5-8H2,1-4H3;10-11H,7-9H2,1-6H3;2*8-11H,5-7H2,1-4H3;9-10H,5-8H2,1-4H3. The smallest absolute Gasteiger partial charge is 0.0283 e. The number of hydrogen-bond acceptors (Lipinski definition) is 11. The first kappa shape index (κ1) is 70.3. The van der Waals surface area contributed by atoms with Gasteiger partial charge in [-0.25, -0.2) is 0 Å². The van der Waals surface area contributed by atoms with E-state index < -0.39 is 0 Å². The normalized spacial score (nSPS) is 32.1. The van der Waals surface area contributed by atoms with Gasteiger partial charge < -0.3 is 0 Å². The fourth-order valence-corrected chi connectivity index (χ4v) is 17.2. The van der Waals surface area contributed by atoms with Crippen LogP contribution in [0.4, 0.5) is 0 Å². The lowest BCUT2D eigenvalue weighted by Crippen LogP contribution is -2.71. The fraction of sp³-hybridized carbons (Fsp3) is 1.00. The van der Waals surface area contributed by atoms with E-state index in [-0.39, 0.29) is 0 Å². The summed E-state index contributed by atoms with van der Waals surface area (Å²) in [4.78, 5) is 29.2. The zero-order valence-electron chi connectivity index (χ0n) is 58.4. The predicted molar refractivity (Wildman–Crippen MR) is 350 cm³/mol. The molecular formula is C69H141N11. The van der Waals surface area contributed by atoms with Crippen LogP contribution in [0.25, 0.3) is 0 Å². The molecule has 0 N–H and O–H groups in total. The number of fused-ring (bicyclic) bond motifs is 8. The average Bonchev–Trinajstić information content (AvgIpc) is 4.16. The molecule has 0 radical (unpaired) electrons. The lowest BCUT2D eigenvalue weighted by molar-refractivity contribution is -0.0955. The van der Waals surface area contributed by atoms with Crippen molar-refractivity contribution >= 4 is 0 Å². The largest absolute Gasteiger partial charge is 0.298 e. The van der Waals surface area contributed by atoms with Crippen molar-refractivity contribution in [3.05, 3.63) is 0 Å². The molecule has 11 saturated heterocycles. The summed E-state index contributed by atoms with van der Waals surface area (Å²) < 4.78 is 0. The van der Waals surface area contributed by atoms with Gasteiger partial charge in [0.25, 0.3) is 0 Å². The summed E-state index contributed by atoms with van der Waals surface area (Å²) >= 11 is 0. The van der Waals surface area contributed by atoms with Crippen molar-refractivity contribution in [3.8, 4) is 0 Å². The van der Waals surface area contributed by atoms with Crippen LogP contribution in [0.15, 0.2) is 0 Å². The number of piperazine rings is 5. The minimum Gasteiger partial charge on any atom is -0.298 e. The molecule has 0 spiro atoms. The predicted octanol–water partition coefficient (Wildman–Crippen LogP) is 12.0. The van der Waals surface area contributed by atoms with Crippen LogP contribution in [0.3, 0.4) is 0 Å². The van der Waals surface area contributed by atoms with Gasteiger partial charge in [-0.05, 0) is 229 Å². The van der Waals surface area contributed by atoms with Crippen LogP contribution >= 0.6 is 0 Å². The Balaban J connectivity index is 0.000000177. The van der Waals surface area contributed by atoms with Crippen molar-refractivity contribution in [2.75, 3.05) is 85.1 Å². The lowest BCUT2D eigenvalue weighted by atomic mass is 9.82. The number of nitrogens with zero attached hydrogens (tertiary/aromatic N) is 11. The highest BCUT2D eigenvalue weighted by atomic mass is 15.4. The highest BCUT2D eigenvalue weighted by Crippen LogP contribution is 2.42. The van der Waals surface area contributed by atoms with E-state index in [0.29, 0.717) is 17.6 Å². The zero-order valence-corrected chi connectivity index (χ0v) is 58.4. The highest BCUT2D eigenvalue weighted by Gasteiger charge is 2.47. The van der Waals surface area contributed by atoms with Crippen molar-refractivity contribution in [1.82, 2.24) is 53.9 Å². The van der Waals surface area contributed by atoms with Crippen molar-refractivity contribution in [2.45, 2.75) is 352 Å². The van der Waals surface area contributed by atoms with E-state index in [1.807, 2.05) is 0 Å². The third kappa shape index (κ3) is 18.8. The maximum Gasteiger partial charge on any atom is 0.0283 e. The Kier molecular flexibility index (Phi) is 27.7. The van der Waals surface area contributed by atoms with Crippen molar-refractivity contribution in [2.24, 2.45) is 11.8 Å². The molecule has 11 aliphatic heterocycles. The molecule has 11 rings (SSSR count). The van der Waals surface area contributed by atoms with Crippen LogP contribution in [-0.4, -0.2) is 259 Å². The molecule has 11 heterocycles. The first-order chi connectivity index (χ1) is 37.3. The molecule has 0 aromatic heterocycles. The van der Waals surface area contributed by atoms with Crippen LogP contribution in [0, 0.1) is 11.8 Å². The molecular weight excluding hydrogens is 983 g/mol. The maximum absolute atomic E-state index is 2.79. The Morgan fingerprint density at radius 2 is 0.588 bits per heavy atom. The van der Waals surface area contributed by atoms with E-state index in [1.165, 1.54) is 136 Å². The van der Waals surface area contributed by atoms with Crippen LogP contribution in [0.1, 0.15) is 231 Å². The molecule has 8 unspecified atom stereocenters. The van der Waals surface area contributed by atoms with Gasteiger partial charge in [-0.1, -0.05) is 13.8 Å². The summed E-state index contributed by atoms with van der Waals surface area (Å²) in [5.41, 5.74) is 0.330. The molecule has 0 amide bonds. The monoisotopic (exact) mass is 1120 g/mol. The number of rotatable bonds is 12. The second-order valence-corrected chi connectivity index (χ2v) is 31.6. The van der Waals surface area contributed by atoms with E-state index in [4.69, 9.17) is 0 Å². The topological polar surface area (TPSA) is 35.6 Å². The molecule has 472 valence electrons. The van der Waals surface area contributed by atoms with E-state index in [0.717, 1.165) is 115 Å². The quantitative estimate of drug-likeness (QED) is 0.188. The summed E-state index contributed by atoms with van der Waals surface area (Å²) in [7, 11) is 0. The molecule has 8 atom stereocenters. The molecule has 0 saturated carbocycles. The van der Waals surface area contributed by atoms with E-state index in [9.17, 15) is 0 Å². The first-order valence-electron chi connectivity index (χ1n) is 34.6. The van der Waals surface area contributed by atoms with Gasteiger partial charge in [0.15, 0.2) is 0 Å². The Bertz CT molecular complexity index is 1570. The molecule has 11 nitrogen and oxygen atoms in total. The van der Waals surface area contributed by atoms with Crippen molar-refractivity contribution in [3.63, 3.8) is 0 Å². The molecule has 11 aliphatic rings. The first-order valence-corrected chi connectivity index (χ1v) is 34.6. The van der Waals surface area contributed by atoms with E-state index >= 15 is 0 Å². The molecule has 11 fully saturated rings. The maximum atomic E-state index is 2.79. The Morgan fingerprint density at radius 3 is 0.887 bits per heavy atom. The Morgan fingerprint density at radius 1 is 0.275 bits per heavy atom. The van der Waals surface area contributed by atoms with E-state index in [2.05, 4.69) is 234 Å². The molecule has 0 aromatic rings. The molecule has 11 heteroatoms. The van der Waals surface area contributed by atoms with Crippen molar-refractivity contribution in [1.29, 1.82) is 0 Å². The summed E-state index contributed by atoms with van der Waals surface area (Å²) in [6, 6.07) is 14.9. The summed E-state index contributed by atoms with van der Waals surface area (Å²) in [5.74, 6) is 1.90. The van der Waals surface area contributed by atoms with Gasteiger partial charge in [-0.3, -0.25) is 53.9 Å². The lowest BCUT2D eigenvalue weighted by Gasteiger charge is -2.59. The van der Waals surface area contributed by atoms with Gasteiger partial charge in [-0.2, -0.15) is 0 Å². The van der Waals surface area contributed by atoms with Gasteiger partial charge in [0.05, 0.1) is 0 Å². The van der Waals surface area contributed by atoms with Crippen molar-refractivity contribution < 1.29 is 0 Å². The van der Waals surface area contributed by atoms with Gasteiger partial charge >= 0.3 is 0 Å². The summed E-state index contributed by atoms with van der Waals surface area (Å²) in [5, 5.41) is 0. The third-order valence-corrected chi connectivity index (χ3v) is 21.7. The zero-order chi connectivity index (χ0) is 59.8. The molecule has 8 bridgehead atoms. The summed E-state index contributed by atoms with van der Waals surface area (Å²) in [6.45, 7) is 76.9. The second-order valence-electron chi connectivity index (χ2n) is 31.6. The van der Waals surface area contributed by atoms with E-state index in [1.54, 1.807) is 0 Å². The fourth-order valence-electron chi connectivity index (χ4n) is 17.2. The van der Waals surface area contributed by atoms with Gasteiger partial charge in [0.2, 0.25) is 0 Å². The Hall–Kier alpha value is -0.440. The van der Waals surface area contributed by atoms with Gasteiger partial charge in [0, 0.05) is 205 Å². The third-order valence-electron chi connectivity index (χ3n) is 21.7.